The van der Waals surface area contributed by atoms with Crippen molar-refractivity contribution in [2.75, 3.05) is 31.0 Å². The normalized spacial score (nSPS) is 12.5. The molecule has 1 aliphatic rings. The highest BCUT2D eigenvalue weighted by Crippen LogP contribution is 2.37. The van der Waals surface area contributed by atoms with Crippen molar-refractivity contribution in [2.45, 2.75) is 6.92 Å². The minimum Gasteiger partial charge on any atom is -0.464 e. The molecule has 0 aromatic heterocycles. The third kappa shape index (κ3) is 4.77. The molecule has 1 aliphatic heterocycles. The van der Waals surface area contributed by atoms with Gasteiger partial charge in [-0.3, -0.25) is 19.3 Å². The molecule has 33 heavy (non-hydrogen) atoms. The average Bonchev–Trinajstić information content (AvgIpc) is 2.79. The van der Waals surface area contributed by atoms with Crippen molar-refractivity contribution in [2.24, 2.45) is 0 Å². The van der Waals surface area contributed by atoms with Crippen molar-refractivity contribution in [3.63, 3.8) is 0 Å². The highest BCUT2D eigenvalue weighted by molar-refractivity contribution is 6.10. The summed E-state index contributed by atoms with van der Waals surface area (Å²) in [5.41, 5.74) is 3.07. The van der Waals surface area contributed by atoms with Crippen molar-refractivity contribution >= 4 is 35.1 Å². The predicted molar refractivity (Wildman–Crippen MR) is 124 cm³/mol. The molecule has 0 saturated carbocycles. The van der Waals surface area contributed by atoms with Crippen LogP contribution < -0.4 is 15.5 Å². The molecule has 0 aliphatic carbocycles. The molecular formula is C24H24N4O5. The first-order valence-corrected chi connectivity index (χ1v) is 9.95. The summed E-state index contributed by atoms with van der Waals surface area (Å²) in [7, 11) is 2.96. The Morgan fingerprint density at radius 3 is 2.27 bits per heavy atom. The van der Waals surface area contributed by atoms with E-state index in [4.69, 9.17) is 0 Å². The second-order valence-corrected chi connectivity index (χ2v) is 7.40. The van der Waals surface area contributed by atoms with Gasteiger partial charge in [-0.15, -0.1) is 0 Å². The van der Waals surface area contributed by atoms with Crippen molar-refractivity contribution in [1.29, 1.82) is 0 Å². The molecule has 0 atom stereocenters. The van der Waals surface area contributed by atoms with Gasteiger partial charge in [-0.2, -0.15) is 0 Å². The number of para-hydroxylation sites is 1. The molecule has 170 valence electrons. The molecule has 0 fully saturated rings. The maximum absolute atomic E-state index is 13.2. The number of rotatable bonds is 6. The van der Waals surface area contributed by atoms with E-state index < -0.39 is 17.8 Å². The van der Waals surface area contributed by atoms with E-state index in [9.17, 15) is 19.2 Å². The van der Waals surface area contributed by atoms with E-state index >= 15 is 0 Å². The minimum absolute atomic E-state index is 0.0732. The molecule has 2 aromatic carbocycles. The second-order valence-electron chi connectivity index (χ2n) is 7.40. The van der Waals surface area contributed by atoms with Crippen molar-refractivity contribution in [3.05, 3.63) is 72.6 Å². The molecule has 3 rings (SSSR count). The van der Waals surface area contributed by atoms with E-state index in [2.05, 4.69) is 28.5 Å². The maximum Gasteiger partial charge on any atom is 0.353 e. The number of hydrogen-bond donors (Lipinski definition) is 2. The topological polar surface area (TPSA) is 108 Å². The predicted octanol–water partition coefficient (Wildman–Crippen LogP) is 2.48. The number of carbonyl (C=O) groups is 4. The molecule has 0 spiro atoms. The van der Waals surface area contributed by atoms with Crippen molar-refractivity contribution < 1.29 is 23.9 Å². The van der Waals surface area contributed by atoms with Crippen molar-refractivity contribution in [1.82, 2.24) is 10.2 Å². The number of anilines is 2. The molecule has 0 unspecified atom stereocenters. The molecule has 3 amide bonds. The van der Waals surface area contributed by atoms with Gasteiger partial charge in [-0.05, 0) is 23.8 Å². The minimum atomic E-state index is -0.794. The van der Waals surface area contributed by atoms with E-state index in [0.29, 0.717) is 16.9 Å². The molecular weight excluding hydrogens is 424 g/mol. The summed E-state index contributed by atoms with van der Waals surface area (Å²) in [4.78, 5) is 51.6. The fraction of sp³-hybridized carbons (Fsp3) is 0.167. The number of fused-ring (bicyclic) bond motifs is 1. The van der Waals surface area contributed by atoms with Crippen LogP contribution in [0.5, 0.6) is 0 Å². The number of nitrogens with one attached hydrogen (secondary N) is 2. The highest BCUT2D eigenvalue weighted by atomic mass is 16.5. The van der Waals surface area contributed by atoms with Crippen LogP contribution in [0.3, 0.4) is 0 Å². The first-order chi connectivity index (χ1) is 15.6. The van der Waals surface area contributed by atoms with Crippen LogP contribution in [0, 0.1) is 0 Å². The third-order valence-corrected chi connectivity index (χ3v) is 5.05. The zero-order chi connectivity index (χ0) is 24.3. The lowest BCUT2D eigenvalue weighted by Crippen LogP contribution is -2.47. The SMILES string of the molecule is C=C(NC(=O)C(=C)N1CN(C)c2c(cccc2-c2ccc(NC(C)=O)cc2)C1=O)C(=O)OC. The summed E-state index contributed by atoms with van der Waals surface area (Å²) >= 11 is 0. The van der Waals surface area contributed by atoms with E-state index in [1.54, 1.807) is 31.3 Å². The summed E-state index contributed by atoms with van der Waals surface area (Å²) < 4.78 is 4.51. The Labute approximate surface area is 191 Å². The number of esters is 1. The van der Waals surface area contributed by atoms with Crippen molar-refractivity contribution in [3.8, 4) is 11.1 Å². The Balaban J connectivity index is 1.88. The van der Waals surface area contributed by atoms with Gasteiger partial charge in [-0.1, -0.05) is 37.4 Å². The zero-order valence-corrected chi connectivity index (χ0v) is 18.6. The Bertz CT molecular complexity index is 1170. The molecule has 0 saturated heterocycles. The second kappa shape index (κ2) is 9.39. The van der Waals surface area contributed by atoms with Crippen LogP contribution in [0.1, 0.15) is 17.3 Å². The summed E-state index contributed by atoms with van der Waals surface area (Å²) in [6, 6.07) is 12.6. The number of hydrogen-bond acceptors (Lipinski definition) is 6. The monoisotopic (exact) mass is 448 g/mol. The van der Waals surface area contributed by atoms with E-state index in [-0.39, 0.29) is 24.0 Å². The molecule has 2 aromatic rings. The Kier molecular flexibility index (Phi) is 6.62. The maximum atomic E-state index is 13.2. The molecule has 9 heteroatoms. The number of methoxy groups -OCH3 is 1. The molecule has 0 bridgehead atoms. The highest BCUT2D eigenvalue weighted by Gasteiger charge is 2.33. The van der Waals surface area contributed by atoms with Crippen LogP contribution in [0.25, 0.3) is 11.1 Å². The van der Waals surface area contributed by atoms with Gasteiger partial charge in [0.1, 0.15) is 11.4 Å². The number of amides is 3. The van der Waals surface area contributed by atoms with Gasteiger partial charge >= 0.3 is 5.97 Å². The van der Waals surface area contributed by atoms with Gasteiger partial charge in [0.05, 0.1) is 25.0 Å². The smallest absolute Gasteiger partial charge is 0.353 e. The Hall–Kier alpha value is -4.40. The van der Waals surface area contributed by atoms with Crippen LogP contribution in [-0.2, 0) is 19.1 Å². The summed E-state index contributed by atoms with van der Waals surface area (Å²) in [5.74, 6) is -2.09. The van der Waals surface area contributed by atoms with Crippen LogP contribution in [0.2, 0.25) is 0 Å². The summed E-state index contributed by atoms with van der Waals surface area (Å²) in [5, 5.41) is 5.01. The third-order valence-electron chi connectivity index (χ3n) is 5.05. The van der Waals surface area contributed by atoms with Crippen LogP contribution in [0.15, 0.2) is 67.0 Å². The first-order valence-electron chi connectivity index (χ1n) is 9.95. The lowest BCUT2D eigenvalue weighted by Gasteiger charge is -2.37. The summed E-state index contributed by atoms with van der Waals surface area (Å²) in [6.45, 7) is 8.68. The molecule has 9 nitrogen and oxygen atoms in total. The van der Waals surface area contributed by atoms with Gasteiger partial charge in [0.25, 0.3) is 11.8 Å². The molecule has 1 heterocycles. The van der Waals surface area contributed by atoms with E-state index in [1.807, 2.05) is 23.1 Å². The van der Waals surface area contributed by atoms with Crippen LogP contribution in [0.4, 0.5) is 11.4 Å². The van der Waals surface area contributed by atoms with Crippen LogP contribution >= 0.6 is 0 Å². The fourth-order valence-electron chi connectivity index (χ4n) is 3.50. The van der Waals surface area contributed by atoms with E-state index in [1.165, 1.54) is 18.9 Å². The number of ether oxygens (including phenoxy) is 1. The van der Waals surface area contributed by atoms with Crippen LogP contribution in [-0.4, -0.2) is 49.4 Å². The Morgan fingerprint density at radius 2 is 1.67 bits per heavy atom. The van der Waals surface area contributed by atoms with Gasteiger partial charge in [-0.25, -0.2) is 4.79 Å². The lowest BCUT2D eigenvalue weighted by atomic mass is 9.97. The average molecular weight is 448 g/mol. The number of benzene rings is 2. The Morgan fingerprint density at radius 1 is 1.03 bits per heavy atom. The lowest BCUT2D eigenvalue weighted by molar-refractivity contribution is -0.137. The summed E-state index contributed by atoms with van der Waals surface area (Å²) in [6.07, 6.45) is 0. The molecule has 2 N–H and O–H groups in total. The number of carbonyl (C=O) groups excluding carboxylic acids is 4. The van der Waals surface area contributed by atoms with Gasteiger partial charge in [0.2, 0.25) is 5.91 Å². The number of nitrogens with zero attached hydrogens (tertiary/aromatic N) is 2. The molecule has 0 radical (unpaired) electrons. The fourth-order valence-corrected chi connectivity index (χ4v) is 3.50. The zero-order valence-electron chi connectivity index (χ0n) is 18.6. The van der Waals surface area contributed by atoms with Gasteiger partial charge < -0.3 is 20.3 Å². The largest absolute Gasteiger partial charge is 0.464 e. The van der Waals surface area contributed by atoms with Gasteiger partial charge in [0.15, 0.2) is 0 Å². The van der Waals surface area contributed by atoms with Gasteiger partial charge in [0, 0.05) is 25.2 Å². The standard InChI is InChI=1S/C24H24N4O5/c1-14(24(32)33-5)25-22(30)15(2)28-13-27(4)21-19(7-6-8-20(21)23(28)31)17-9-11-18(12-10-17)26-16(3)29/h6-12H,1-2,13H2,3-5H3,(H,25,30)(H,26,29). The van der Waals surface area contributed by atoms with E-state index in [0.717, 1.165) is 11.1 Å². The quantitative estimate of drug-likeness (QED) is 0.519. The first kappa shape index (κ1) is 23.3.